The lowest BCUT2D eigenvalue weighted by Crippen LogP contribution is -2.48. The summed E-state index contributed by atoms with van der Waals surface area (Å²) in [5, 5.41) is 5.48. The van der Waals surface area contributed by atoms with Gasteiger partial charge in [0.2, 0.25) is 5.91 Å². The second kappa shape index (κ2) is 8.78. The van der Waals surface area contributed by atoms with Crippen molar-refractivity contribution in [1.82, 2.24) is 9.88 Å². The fourth-order valence-electron chi connectivity index (χ4n) is 4.17. The molecule has 0 spiro atoms. The van der Waals surface area contributed by atoms with Crippen LogP contribution in [0.2, 0.25) is 10.0 Å². The van der Waals surface area contributed by atoms with E-state index in [0.717, 1.165) is 18.5 Å². The van der Waals surface area contributed by atoms with E-state index in [4.69, 9.17) is 27.9 Å². The lowest BCUT2D eigenvalue weighted by Gasteiger charge is -2.37. The van der Waals surface area contributed by atoms with Crippen LogP contribution in [0.4, 0.5) is 0 Å². The maximum Gasteiger partial charge on any atom is 0.230 e. The van der Waals surface area contributed by atoms with Crippen molar-refractivity contribution in [3.8, 4) is 0 Å². The molecule has 2 aromatic carbocycles. The third-order valence-corrected chi connectivity index (χ3v) is 6.32. The van der Waals surface area contributed by atoms with Crippen LogP contribution < -0.4 is 5.32 Å². The Morgan fingerprint density at radius 2 is 1.90 bits per heavy atom. The predicted octanol–water partition coefficient (Wildman–Crippen LogP) is 5.20. The summed E-state index contributed by atoms with van der Waals surface area (Å²) in [6.45, 7) is 2.55. The van der Waals surface area contributed by atoms with Crippen molar-refractivity contribution in [1.29, 1.82) is 0 Å². The zero-order valence-corrected chi connectivity index (χ0v) is 17.7. The van der Waals surface area contributed by atoms with E-state index in [2.05, 4.69) is 34.3 Å². The van der Waals surface area contributed by atoms with E-state index in [1.54, 1.807) is 12.1 Å². The van der Waals surface area contributed by atoms with Gasteiger partial charge in [-0.3, -0.25) is 4.79 Å². The molecule has 1 aromatic heterocycles. The van der Waals surface area contributed by atoms with Gasteiger partial charge in [-0.05, 0) is 54.5 Å². The number of hydrogen-bond acceptors (Lipinski definition) is 2. The monoisotopic (exact) mass is 430 g/mol. The van der Waals surface area contributed by atoms with Crippen molar-refractivity contribution < 1.29 is 9.53 Å². The van der Waals surface area contributed by atoms with Crippen LogP contribution in [-0.2, 0) is 21.5 Å². The predicted molar refractivity (Wildman–Crippen MR) is 118 cm³/mol. The molecule has 1 aliphatic rings. The molecule has 29 heavy (non-hydrogen) atoms. The van der Waals surface area contributed by atoms with Crippen molar-refractivity contribution in [3.05, 3.63) is 70.3 Å². The molecule has 152 valence electrons. The van der Waals surface area contributed by atoms with E-state index in [-0.39, 0.29) is 5.91 Å². The average Bonchev–Trinajstić information content (AvgIpc) is 3.14. The number of rotatable bonds is 6. The molecule has 0 bridgehead atoms. The van der Waals surface area contributed by atoms with Crippen LogP contribution >= 0.6 is 23.2 Å². The summed E-state index contributed by atoms with van der Waals surface area (Å²) < 4.78 is 7.75. The third kappa shape index (κ3) is 4.16. The normalized spacial score (nSPS) is 16.1. The van der Waals surface area contributed by atoms with Gasteiger partial charge in [-0.25, -0.2) is 0 Å². The highest BCUT2D eigenvalue weighted by atomic mass is 35.5. The maximum atomic E-state index is 13.3. The first kappa shape index (κ1) is 20.3. The van der Waals surface area contributed by atoms with Gasteiger partial charge in [-0.15, -0.1) is 0 Å². The zero-order chi connectivity index (χ0) is 20.3. The van der Waals surface area contributed by atoms with Crippen molar-refractivity contribution >= 4 is 40.0 Å². The van der Waals surface area contributed by atoms with E-state index < -0.39 is 5.41 Å². The Labute approximate surface area is 180 Å². The number of ether oxygens (including phenoxy) is 1. The molecule has 0 radical (unpaired) electrons. The molecule has 4 rings (SSSR count). The summed E-state index contributed by atoms with van der Waals surface area (Å²) in [6.07, 6.45) is 4.18. The number of halogens is 2. The largest absolute Gasteiger partial charge is 0.381 e. The molecule has 0 unspecified atom stereocenters. The molecule has 1 N–H and O–H groups in total. The van der Waals surface area contributed by atoms with Gasteiger partial charge < -0.3 is 14.6 Å². The van der Waals surface area contributed by atoms with E-state index in [0.29, 0.717) is 42.6 Å². The first-order valence-electron chi connectivity index (χ1n) is 9.96. The number of aromatic nitrogens is 1. The minimum Gasteiger partial charge on any atom is -0.381 e. The standard InChI is InChI=1S/C23H24Cl2N2O2/c24-18-6-7-19(20(25)16-18)23(9-14-29-15-10-23)22(28)26-11-3-12-27-13-8-17-4-1-2-5-21(17)27/h1-2,4-8,13,16H,3,9-12,14-15H2,(H,26,28). The number of carbonyl (C=O) groups excluding carboxylic acids is 1. The average molecular weight is 431 g/mol. The van der Waals surface area contributed by atoms with E-state index in [1.165, 1.54) is 10.9 Å². The Kier molecular flexibility index (Phi) is 6.14. The zero-order valence-electron chi connectivity index (χ0n) is 16.2. The molecular formula is C23H24Cl2N2O2. The molecule has 6 heteroatoms. The molecule has 1 saturated heterocycles. The molecule has 0 saturated carbocycles. The van der Waals surface area contributed by atoms with Gasteiger partial charge in [0.05, 0.1) is 5.41 Å². The molecule has 0 atom stereocenters. The Morgan fingerprint density at radius 1 is 1.10 bits per heavy atom. The second-order valence-electron chi connectivity index (χ2n) is 7.50. The summed E-state index contributed by atoms with van der Waals surface area (Å²) in [6, 6.07) is 15.8. The van der Waals surface area contributed by atoms with Gasteiger partial charge in [0.25, 0.3) is 0 Å². The summed E-state index contributed by atoms with van der Waals surface area (Å²) in [4.78, 5) is 13.3. The van der Waals surface area contributed by atoms with Crippen molar-refractivity contribution in [2.75, 3.05) is 19.8 Å². The summed E-state index contributed by atoms with van der Waals surface area (Å²) in [7, 11) is 0. The van der Waals surface area contributed by atoms with Gasteiger partial charge in [0.15, 0.2) is 0 Å². The topological polar surface area (TPSA) is 43.3 Å². The molecular weight excluding hydrogens is 407 g/mol. The molecule has 2 heterocycles. The SMILES string of the molecule is O=C(NCCCn1ccc2ccccc21)C1(c2ccc(Cl)cc2Cl)CCOCC1. The molecule has 1 amide bonds. The highest BCUT2D eigenvalue weighted by Gasteiger charge is 2.42. The van der Waals surface area contributed by atoms with Crippen LogP contribution in [0.5, 0.6) is 0 Å². The summed E-state index contributed by atoms with van der Waals surface area (Å²) in [5.41, 5.74) is 1.38. The molecule has 3 aromatic rings. The van der Waals surface area contributed by atoms with Gasteiger partial charge in [-0.1, -0.05) is 47.5 Å². The summed E-state index contributed by atoms with van der Waals surface area (Å²) in [5.74, 6) is 0.0161. The van der Waals surface area contributed by atoms with Crippen molar-refractivity contribution in [3.63, 3.8) is 0 Å². The number of amides is 1. The Morgan fingerprint density at radius 3 is 2.69 bits per heavy atom. The minimum absolute atomic E-state index is 0.0161. The van der Waals surface area contributed by atoms with Crippen LogP contribution in [0.1, 0.15) is 24.8 Å². The number of para-hydroxylation sites is 1. The molecule has 1 aliphatic heterocycles. The first-order valence-corrected chi connectivity index (χ1v) is 10.7. The van der Waals surface area contributed by atoms with Gasteiger partial charge >= 0.3 is 0 Å². The smallest absolute Gasteiger partial charge is 0.230 e. The number of nitrogens with zero attached hydrogens (tertiary/aromatic N) is 1. The van der Waals surface area contributed by atoms with Gasteiger partial charge in [0, 0.05) is 48.1 Å². The number of aryl methyl sites for hydroxylation is 1. The van der Waals surface area contributed by atoms with Crippen LogP contribution in [-0.4, -0.2) is 30.2 Å². The molecule has 0 aliphatic carbocycles. The molecule has 4 nitrogen and oxygen atoms in total. The van der Waals surface area contributed by atoms with Crippen LogP contribution in [0.3, 0.4) is 0 Å². The summed E-state index contributed by atoms with van der Waals surface area (Å²) >= 11 is 12.5. The minimum atomic E-state index is -0.667. The van der Waals surface area contributed by atoms with Crippen molar-refractivity contribution in [2.45, 2.75) is 31.2 Å². The van der Waals surface area contributed by atoms with Crippen molar-refractivity contribution in [2.24, 2.45) is 0 Å². The third-order valence-electron chi connectivity index (χ3n) is 5.77. The fraction of sp³-hybridized carbons (Fsp3) is 0.348. The number of nitrogens with one attached hydrogen (secondary N) is 1. The van der Waals surface area contributed by atoms with E-state index in [9.17, 15) is 4.79 Å². The Hall–Kier alpha value is -2.01. The highest BCUT2D eigenvalue weighted by Crippen LogP contribution is 2.39. The van der Waals surface area contributed by atoms with Gasteiger partial charge in [-0.2, -0.15) is 0 Å². The van der Waals surface area contributed by atoms with Gasteiger partial charge in [0.1, 0.15) is 0 Å². The number of carbonyl (C=O) groups is 1. The quantitative estimate of drug-likeness (QED) is 0.545. The number of fused-ring (bicyclic) bond motifs is 1. The Balaban J connectivity index is 1.43. The molecule has 1 fully saturated rings. The van der Waals surface area contributed by atoms with E-state index >= 15 is 0 Å². The lowest BCUT2D eigenvalue weighted by molar-refractivity contribution is -0.130. The van der Waals surface area contributed by atoms with E-state index in [1.807, 2.05) is 18.2 Å². The number of benzene rings is 2. The van der Waals surface area contributed by atoms with Crippen LogP contribution in [0.15, 0.2) is 54.7 Å². The number of hydrogen-bond donors (Lipinski definition) is 1. The van der Waals surface area contributed by atoms with Crippen LogP contribution in [0.25, 0.3) is 10.9 Å². The second-order valence-corrected chi connectivity index (χ2v) is 8.34. The maximum absolute atomic E-state index is 13.3. The highest BCUT2D eigenvalue weighted by molar-refractivity contribution is 6.35. The lowest BCUT2D eigenvalue weighted by atomic mass is 9.73. The fourth-order valence-corrected chi connectivity index (χ4v) is 4.76. The van der Waals surface area contributed by atoms with Crippen LogP contribution in [0, 0.1) is 0 Å². The Bertz CT molecular complexity index is 1010. The first-order chi connectivity index (χ1) is 14.1.